The number of aliphatic hydroxyl groups is 2. The van der Waals surface area contributed by atoms with Crippen LogP contribution in [0.25, 0.3) is 0 Å². The van der Waals surface area contributed by atoms with E-state index in [0.717, 1.165) is 25.7 Å². The van der Waals surface area contributed by atoms with Crippen molar-refractivity contribution in [2.45, 2.75) is 96.2 Å². The third-order valence-electron chi connectivity index (χ3n) is 5.14. The van der Waals surface area contributed by atoms with Crippen molar-refractivity contribution in [3.05, 3.63) is 0 Å². The first-order chi connectivity index (χ1) is 11.0. The van der Waals surface area contributed by atoms with Gasteiger partial charge in [-0.15, -0.1) is 0 Å². The average molecular weight is 326 g/mol. The van der Waals surface area contributed by atoms with E-state index in [0.29, 0.717) is 38.5 Å². The summed E-state index contributed by atoms with van der Waals surface area (Å²) in [4.78, 5) is 27.7. The molecule has 0 aliphatic carbocycles. The Morgan fingerprint density at radius 1 is 0.913 bits per heavy atom. The van der Waals surface area contributed by atoms with E-state index in [4.69, 9.17) is 0 Å². The number of hydrogen-bond donors (Lipinski definition) is 2. The van der Waals surface area contributed by atoms with Crippen LogP contribution in [0, 0.1) is 0 Å². The van der Waals surface area contributed by atoms with Crippen LogP contribution >= 0.6 is 0 Å². The van der Waals surface area contributed by atoms with E-state index >= 15 is 0 Å². The van der Waals surface area contributed by atoms with E-state index in [2.05, 4.69) is 0 Å². The number of rotatable bonds is 8. The molecule has 0 aromatic rings. The zero-order valence-corrected chi connectivity index (χ0v) is 14.3. The van der Waals surface area contributed by atoms with Crippen LogP contribution in [-0.2, 0) is 9.59 Å². The average Bonchev–Trinajstić information content (AvgIpc) is 3.03. The Morgan fingerprint density at radius 3 is 1.65 bits per heavy atom. The summed E-state index contributed by atoms with van der Waals surface area (Å²) in [7, 11) is 0. The van der Waals surface area contributed by atoms with Crippen LogP contribution in [0.15, 0.2) is 0 Å². The van der Waals surface area contributed by atoms with Gasteiger partial charge in [0.1, 0.15) is 18.1 Å². The topological polar surface area (TPSA) is 81.1 Å². The Hall–Kier alpha value is -1.14. The van der Waals surface area contributed by atoms with Gasteiger partial charge in [0.2, 0.25) is 11.8 Å². The van der Waals surface area contributed by atoms with Gasteiger partial charge in [-0.05, 0) is 38.5 Å². The third kappa shape index (κ3) is 3.38. The molecule has 0 aromatic carbocycles. The molecule has 2 unspecified atom stereocenters. The number of carbonyl (C=O) groups is 2. The highest BCUT2D eigenvalue weighted by Gasteiger charge is 2.58. The third-order valence-corrected chi connectivity index (χ3v) is 5.14. The highest BCUT2D eigenvalue weighted by atomic mass is 16.3. The van der Waals surface area contributed by atoms with Crippen molar-refractivity contribution in [2.24, 2.45) is 0 Å². The molecular weight excluding hydrogens is 296 g/mol. The zero-order valence-electron chi connectivity index (χ0n) is 14.3. The monoisotopic (exact) mass is 326 g/mol. The van der Waals surface area contributed by atoms with Crippen molar-refractivity contribution in [3.63, 3.8) is 0 Å². The smallest absolute Gasteiger partial charge is 0.226 e. The highest BCUT2D eigenvalue weighted by Crippen LogP contribution is 2.45. The van der Waals surface area contributed by atoms with Gasteiger partial charge in [-0.3, -0.25) is 19.4 Å². The molecule has 2 amide bonds. The van der Waals surface area contributed by atoms with Crippen molar-refractivity contribution in [2.75, 3.05) is 0 Å². The molecule has 2 fully saturated rings. The van der Waals surface area contributed by atoms with E-state index in [-0.39, 0.29) is 11.8 Å². The van der Waals surface area contributed by atoms with Crippen LogP contribution in [-0.4, -0.2) is 49.9 Å². The van der Waals surface area contributed by atoms with E-state index in [1.807, 2.05) is 13.8 Å². The van der Waals surface area contributed by atoms with E-state index in [9.17, 15) is 19.8 Å². The molecule has 1 spiro atoms. The van der Waals surface area contributed by atoms with Gasteiger partial charge in [-0.25, -0.2) is 0 Å². The van der Waals surface area contributed by atoms with Crippen LogP contribution < -0.4 is 0 Å². The summed E-state index contributed by atoms with van der Waals surface area (Å²) in [5.41, 5.74) is -0.825. The second-order valence-electron chi connectivity index (χ2n) is 6.76. The molecule has 132 valence electrons. The number of amides is 2. The maximum absolute atomic E-state index is 12.4. The number of aliphatic hydroxyl groups excluding tert-OH is 2. The summed E-state index contributed by atoms with van der Waals surface area (Å²) in [6, 6.07) is 0. The molecule has 2 heterocycles. The highest BCUT2D eigenvalue weighted by molar-refractivity contribution is 5.85. The molecule has 2 aliphatic rings. The Balaban J connectivity index is 2.24. The van der Waals surface area contributed by atoms with Crippen LogP contribution in [0.1, 0.15) is 78.1 Å². The lowest BCUT2D eigenvalue weighted by Gasteiger charge is -2.46. The summed E-state index contributed by atoms with van der Waals surface area (Å²) in [6.07, 6.45) is 4.46. The molecule has 0 bridgehead atoms. The predicted molar refractivity (Wildman–Crippen MR) is 86.0 cm³/mol. The molecule has 6 nitrogen and oxygen atoms in total. The first kappa shape index (κ1) is 18.2. The second kappa shape index (κ2) is 7.62. The van der Waals surface area contributed by atoms with E-state index in [1.165, 1.54) is 9.80 Å². The Morgan fingerprint density at radius 2 is 1.30 bits per heavy atom. The number of nitrogens with zero attached hydrogens (tertiary/aromatic N) is 2. The van der Waals surface area contributed by atoms with Gasteiger partial charge in [-0.1, -0.05) is 26.7 Å². The predicted octanol–water partition coefficient (Wildman–Crippen LogP) is 1.94. The molecule has 2 rings (SSSR count). The lowest BCUT2D eigenvalue weighted by atomic mass is 10.0. The summed E-state index contributed by atoms with van der Waals surface area (Å²) in [6.45, 7) is 4.07. The van der Waals surface area contributed by atoms with Gasteiger partial charge in [0.15, 0.2) is 0 Å². The maximum Gasteiger partial charge on any atom is 0.226 e. The minimum atomic E-state index is -0.878. The van der Waals surface area contributed by atoms with Gasteiger partial charge in [0, 0.05) is 12.8 Å². The minimum Gasteiger partial charge on any atom is -0.373 e. The van der Waals surface area contributed by atoms with Gasteiger partial charge in [-0.2, -0.15) is 0 Å². The second-order valence-corrected chi connectivity index (χ2v) is 6.76. The standard InChI is InChI=1S/C17H30N2O4/c1-3-5-7-13(20)18-15(22)9-11-17(18)12-10-16(23)19(17)14(21)8-6-4-2/h13-14,20-21H,3-12H2,1-2H3. The number of likely N-dealkylation sites (tertiary alicyclic amines) is 2. The summed E-state index contributed by atoms with van der Waals surface area (Å²) >= 11 is 0. The fraction of sp³-hybridized carbons (Fsp3) is 0.882. The van der Waals surface area contributed by atoms with Crippen molar-refractivity contribution >= 4 is 11.8 Å². The molecule has 2 atom stereocenters. The van der Waals surface area contributed by atoms with Crippen LogP contribution in [0.4, 0.5) is 0 Å². The number of carbonyl (C=O) groups excluding carboxylic acids is 2. The lowest BCUT2D eigenvalue weighted by molar-refractivity contribution is -0.178. The van der Waals surface area contributed by atoms with Crippen molar-refractivity contribution in [1.29, 1.82) is 0 Å². The summed E-state index contributed by atoms with van der Waals surface area (Å²) in [5.74, 6) is -0.230. The SMILES string of the molecule is CCCCC(O)N1C(=O)CCC12CCC(=O)N2C(O)CCCC. The first-order valence-electron chi connectivity index (χ1n) is 8.98. The van der Waals surface area contributed by atoms with Gasteiger partial charge >= 0.3 is 0 Å². The Kier molecular flexibility index (Phi) is 6.03. The fourth-order valence-corrected chi connectivity index (χ4v) is 3.96. The van der Waals surface area contributed by atoms with Crippen molar-refractivity contribution in [1.82, 2.24) is 9.80 Å². The van der Waals surface area contributed by atoms with Crippen molar-refractivity contribution in [3.8, 4) is 0 Å². The summed E-state index contributed by atoms with van der Waals surface area (Å²) < 4.78 is 0. The van der Waals surface area contributed by atoms with Gasteiger partial charge in [0.25, 0.3) is 0 Å². The minimum absolute atomic E-state index is 0.115. The van der Waals surface area contributed by atoms with Crippen molar-refractivity contribution < 1.29 is 19.8 Å². The van der Waals surface area contributed by atoms with E-state index < -0.39 is 18.1 Å². The van der Waals surface area contributed by atoms with Crippen LogP contribution in [0.5, 0.6) is 0 Å². The summed E-state index contributed by atoms with van der Waals surface area (Å²) in [5, 5.41) is 21.0. The Labute approximate surface area is 138 Å². The molecule has 2 aliphatic heterocycles. The molecule has 2 N–H and O–H groups in total. The van der Waals surface area contributed by atoms with Crippen LogP contribution in [0.2, 0.25) is 0 Å². The Bertz CT molecular complexity index is 400. The largest absolute Gasteiger partial charge is 0.373 e. The molecule has 6 heteroatoms. The normalized spacial score (nSPS) is 27.3. The zero-order chi connectivity index (χ0) is 17.0. The number of hydrogen-bond acceptors (Lipinski definition) is 4. The molecule has 0 aromatic heterocycles. The number of unbranched alkanes of at least 4 members (excludes halogenated alkanes) is 2. The first-order valence-corrected chi connectivity index (χ1v) is 8.98. The fourth-order valence-electron chi connectivity index (χ4n) is 3.96. The molecule has 2 saturated heterocycles. The lowest BCUT2D eigenvalue weighted by Crippen LogP contribution is -2.62. The van der Waals surface area contributed by atoms with Gasteiger partial charge in [0.05, 0.1) is 0 Å². The van der Waals surface area contributed by atoms with Crippen LogP contribution in [0.3, 0.4) is 0 Å². The van der Waals surface area contributed by atoms with Gasteiger partial charge < -0.3 is 10.2 Å². The molecule has 0 radical (unpaired) electrons. The maximum atomic E-state index is 12.4. The molecule has 0 saturated carbocycles. The molecule has 23 heavy (non-hydrogen) atoms. The van der Waals surface area contributed by atoms with E-state index in [1.54, 1.807) is 0 Å². The molecular formula is C17H30N2O4. The quantitative estimate of drug-likeness (QED) is 0.714.